The smallest absolute Gasteiger partial charge is 0.234 e. The molecule has 0 bridgehead atoms. The van der Waals surface area contributed by atoms with E-state index in [1.807, 2.05) is 14.0 Å². The average molecular weight is 294 g/mol. The maximum absolute atomic E-state index is 12.8. The minimum Gasteiger partial charge on any atom is -0.388 e. The molecule has 116 valence electrons. The van der Waals surface area contributed by atoms with Crippen LogP contribution < -0.4 is 5.32 Å². The molecule has 2 atom stereocenters. The van der Waals surface area contributed by atoms with Crippen LogP contribution in [-0.4, -0.2) is 41.6 Å². The van der Waals surface area contributed by atoms with Gasteiger partial charge in [0, 0.05) is 12.1 Å². The normalized spacial score (nSPS) is 17.6. The third-order valence-corrected chi connectivity index (χ3v) is 3.80. The van der Waals surface area contributed by atoms with Gasteiger partial charge in [-0.2, -0.15) is 0 Å². The van der Waals surface area contributed by atoms with E-state index in [4.69, 9.17) is 0 Å². The van der Waals surface area contributed by atoms with Crippen LogP contribution in [-0.2, 0) is 4.79 Å². The van der Waals surface area contributed by atoms with E-state index in [2.05, 4.69) is 10.2 Å². The molecule has 1 amide bonds. The number of hydrogen-bond acceptors (Lipinski definition) is 3. The van der Waals surface area contributed by atoms with Gasteiger partial charge < -0.3 is 10.4 Å². The maximum Gasteiger partial charge on any atom is 0.234 e. The van der Waals surface area contributed by atoms with Gasteiger partial charge in [0.2, 0.25) is 5.91 Å². The lowest BCUT2D eigenvalue weighted by Gasteiger charge is -2.20. The van der Waals surface area contributed by atoms with Crippen LogP contribution in [0, 0.1) is 5.82 Å². The van der Waals surface area contributed by atoms with Crippen LogP contribution in [0.2, 0.25) is 0 Å². The van der Waals surface area contributed by atoms with E-state index < -0.39 is 6.10 Å². The van der Waals surface area contributed by atoms with Crippen molar-refractivity contribution in [3.05, 3.63) is 35.6 Å². The quantitative estimate of drug-likeness (QED) is 0.807. The molecule has 1 fully saturated rings. The van der Waals surface area contributed by atoms with Crippen molar-refractivity contribution in [3.63, 3.8) is 0 Å². The van der Waals surface area contributed by atoms with Crippen LogP contribution in [0.3, 0.4) is 0 Å². The van der Waals surface area contributed by atoms with Crippen LogP contribution in [0.5, 0.6) is 0 Å². The number of nitrogens with zero attached hydrogens (tertiary/aromatic N) is 1. The lowest BCUT2D eigenvalue weighted by atomic mass is 10.0. The highest BCUT2D eigenvalue weighted by Gasteiger charge is 2.27. The first-order valence-corrected chi connectivity index (χ1v) is 7.39. The molecule has 0 radical (unpaired) electrons. The summed E-state index contributed by atoms with van der Waals surface area (Å²) >= 11 is 0. The van der Waals surface area contributed by atoms with Crippen molar-refractivity contribution in [1.29, 1.82) is 0 Å². The zero-order valence-corrected chi connectivity index (χ0v) is 12.6. The largest absolute Gasteiger partial charge is 0.388 e. The fourth-order valence-corrected chi connectivity index (χ4v) is 2.41. The highest BCUT2D eigenvalue weighted by molar-refractivity contribution is 5.78. The molecule has 4 nitrogen and oxygen atoms in total. The van der Waals surface area contributed by atoms with Crippen molar-refractivity contribution in [1.82, 2.24) is 10.2 Å². The molecule has 2 N–H and O–H groups in total. The third kappa shape index (κ3) is 5.10. The van der Waals surface area contributed by atoms with Crippen LogP contribution in [0.4, 0.5) is 4.39 Å². The van der Waals surface area contributed by atoms with E-state index in [1.165, 1.54) is 25.0 Å². The highest BCUT2D eigenvalue weighted by atomic mass is 19.1. The van der Waals surface area contributed by atoms with E-state index >= 15 is 0 Å². The van der Waals surface area contributed by atoms with Crippen LogP contribution in [0.25, 0.3) is 0 Å². The van der Waals surface area contributed by atoms with Crippen molar-refractivity contribution in [3.8, 4) is 0 Å². The summed E-state index contributed by atoms with van der Waals surface area (Å²) in [4.78, 5) is 13.9. The Bertz CT molecular complexity index is 474. The van der Waals surface area contributed by atoms with E-state index in [0.717, 1.165) is 0 Å². The topological polar surface area (TPSA) is 52.6 Å². The first-order chi connectivity index (χ1) is 9.95. The Hall–Kier alpha value is -1.46. The van der Waals surface area contributed by atoms with Crippen molar-refractivity contribution < 1.29 is 14.3 Å². The predicted octanol–water partition coefficient (Wildman–Crippen LogP) is 1.85. The molecule has 0 aliphatic heterocycles. The molecule has 21 heavy (non-hydrogen) atoms. The lowest BCUT2D eigenvalue weighted by Crippen LogP contribution is -2.41. The summed E-state index contributed by atoms with van der Waals surface area (Å²) in [5, 5.41) is 13.0. The summed E-state index contributed by atoms with van der Waals surface area (Å²) in [6, 6.07) is 6.20. The molecule has 0 saturated heterocycles. The van der Waals surface area contributed by atoms with Gasteiger partial charge in [0.15, 0.2) is 0 Å². The fraction of sp³-hybridized carbons (Fsp3) is 0.562. The number of hydrogen-bond donors (Lipinski definition) is 2. The second-order valence-corrected chi connectivity index (χ2v) is 5.92. The van der Waals surface area contributed by atoms with Gasteiger partial charge in [0.05, 0.1) is 12.6 Å². The molecule has 0 aromatic heterocycles. The number of aliphatic hydroxyl groups excluding tert-OH is 1. The summed E-state index contributed by atoms with van der Waals surface area (Å²) in [6.45, 7) is 2.25. The summed E-state index contributed by atoms with van der Waals surface area (Å²) in [5.41, 5.74) is 0.660. The number of carbonyl (C=O) groups excluding carboxylic acids is 1. The highest BCUT2D eigenvalue weighted by Crippen LogP contribution is 2.24. The molecule has 5 heteroatoms. The molecular weight excluding hydrogens is 271 g/mol. The van der Waals surface area contributed by atoms with Gasteiger partial charge in [-0.1, -0.05) is 12.1 Å². The number of halogens is 1. The molecule has 1 aliphatic rings. The second kappa shape index (κ2) is 7.00. The third-order valence-electron chi connectivity index (χ3n) is 3.80. The molecular formula is C16H23FN2O2. The number of likely N-dealkylation sites (N-methyl/N-ethyl adjacent to an activating group) is 1. The van der Waals surface area contributed by atoms with Crippen molar-refractivity contribution >= 4 is 5.91 Å². The van der Waals surface area contributed by atoms with Crippen LogP contribution >= 0.6 is 0 Å². The number of benzene rings is 1. The number of nitrogens with one attached hydrogen (secondary N) is 1. The molecule has 0 heterocycles. The Morgan fingerprint density at radius 1 is 1.43 bits per heavy atom. The zero-order valence-electron chi connectivity index (χ0n) is 12.6. The van der Waals surface area contributed by atoms with Crippen molar-refractivity contribution in [2.45, 2.75) is 44.4 Å². The van der Waals surface area contributed by atoms with Gasteiger partial charge in [-0.15, -0.1) is 0 Å². The van der Waals surface area contributed by atoms with Crippen LogP contribution in [0.15, 0.2) is 24.3 Å². The van der Waals surface area contributed by atoms with Crippen LogP contribution in [0.1, 0.15) is 37.9 Å². The average Bonchev–Trinajstić information content (AvgIpc) is 3.22. The zero-order chi connectivity index (χ0) is 15.4. The molecule has 1 aliphatic carbocycles. The number of amides is 1. The Kier molecular flexibility index (Phi) is 5.31. The fourth-order valence-electron chi connectivity index (χ4n) is 2.41. The number of carbonyl (C=O) groups is 1. The molecule has 2 unspecified atom stereocenters. The summed E-state index contributed by atoms with van der Waals surface area (Å²) in [5.74, 6) is -0.348. The molecule has 2 rings (SSSR count). The second-order valence-electron chi connectivity index (χ2n) is 5.92. The standard InChI is InChI=1S/C16H23FN2O2/c1-11(18-16(21)10-19(2)14-7-8-14)9-15(20)12-3-5-13(17)6-4-12/h3-6,11,14-15,20H,7-10H2,1-2H3,(H,18,21). The van der Waals surface area contributed by atoms with Crippen molar-refractivity contribution in [2.75, 3.05) is 13.6 Å². The number of rotatable bonds is 7. The summed E-state index contributed by atoms with van der Waals surface area (Å²) in [6.07, 6.45) is 2.04. The van der Waals surface area contributed by atoms with E-state index in [9.17, 15) is 14.3 Å². The van der Waals surface area contributed by atoms with Gasteiger partial charge in [-0.05, 0) is 50.9 Å². The molecule has 1 saturated carbocycles. The van der Waals surface area contributed by atoms with E-state index in [0.29, 0.717) is 24.6 Å². The number of aliphatic hydroxyl groups is 1. The Balaban J connectivity index is 1.76. The molecule has 0 spiro atoms. The van der Waals surface area contributed by atoms with Crippen molar-refractivity contribution in [2.24, 2.45) is 0 Å². The lowest BCUT2D eigenvalue weighted by molar-refractivity contribution is -0.122. The minimum absolute atomic E-state index is 0.0248. The monoisotopic (exact) mass is 294 g/mol. The maximum atomic E-state index is 12.8. The summed E-state index contributed by atoms with van der Waals surface area (Å²) < 4.78 is 12.8. The first kappa shape index (κ1) is 15.9. The molecule has 1 aromatic carbocycles. The Morgan fingerprint density at radius 3 is 2.62 bits per heavy atom. The Labute approximate surface area is 125 Å². The van der Waals surface area contributed by atoms with Gasteiger partial charge >= 0.3 is 0 Å². The predicted molar refractivity (Wildman–Crippen MR) is 79.2 cm³/mol. The van der Waals surface area contributed by atoms with Gasteiger partial charge in [-0.3, -0.25) is 9.69 Å². The SMILES string of the molecule is CC(CC(O)c1ccc(F)cc1)NC(=O)CN(C)C1CC1. The van der Waals surface area contributed by atoms with E-state index in [1.54, 1.807) is 12.1 Å². The van der Waals surface area contributed by atoms with Gasteiger partial charge in [0.25, 0.3) is 0 Å². The Morgan fingerprint density at radius 2 is 2.05 bits per heavy atom. The minimum atomic E-state index is -0.706. The van der Waals surface area contributed by atoms with Gasteiger partial charge in [-0.25, -0.2) is 4.39 Å². The van der Waals surface area contributed by atoms with E-state index in [-0.39, 0.29) is 17.8 Å². The molecule has 1 aromatic rings. The van der Waals surface area contributed by atoms with Gasteiger partial charge in [0.1, 0.15) is 5.82 Å². The first-order valence-electron chi connectivity index (χ1n) is 7.39. The summed E-state index contributed by atoms with van der Waals surface area (Å²) in [7, 11) is 1.95.